The van der Waals surface area contributed by atoms with Crippen molar-refractivity contribution in [3.63, 3.8) is 0 Å². The van der Waals surface area contributed by atoms with Crippen molar-refractivity contribution in [3.05, 3.63) is 36.5 Å². The van der Waals surface area contributed by atoms with Gasteiger partial charge in [0.05, 0.1) is 0 Å². The lowest BCUT2D eigenvalue weighted by molar-refractivity contribution is -0.147. The summed E-state index contributed by atoms with van der Waals surface area (Å²) < 4.78 is 5.79. The Labute approximate surface area is 289 Å². The molecule has 0 bridgehead atoms. The first-order chi connectivity index (χ1) is 23.0. The molecule has 0 saturated carbocycles. The highest BCUT2D eigenvalue weighted by molar-refractivity contribution is 5.80. The van der Waals surface area contributed by atoms with Gasteiger partial charge in [0.25, 0.3) is 0 Å². The molecule has 272 valence electrons. The Kier molecular flexibility index (Phi) is 34.6. The van der Waals surface area contributed by atoms with Crippen molar-refractivity contribution >= 4 is 17.8 Å². The lowest BCUT2D eigenvalue weighted by Gasteiger charge is -2.15. The molecule has 6 heteroatoms. The zero-order chi connectivity index (χ0) is 34.5. The van der Waals surface area contributed by atoms with Crippen molar-refractivity contribution in [2.24, 2.45) is 0 Å². The highest BCUT2D eigenvalue weighted by Crippen LogP contribution is 2.15. The van der Waals surface area contributed by atoms with Gasteiger partial charge in [-0.05, 0) is 70.3 Å². The molecule has 0 aliphatic heterocycles. The van der Waals surface area contributed by atoms with Crippen LogP contribution in [0.1, 0.15) is 194 Å². The van der Waals surface area contributed by atoms with E-state index in [0.29, 0.717) is 12.8 Å². The third-order valence-corrected chi connectivity index (χ3v) is 8.50. The number of unbranched alkanes of at least 4 members (excludes halogenated alkanes) is 20. The average molecular weight is 660 g/mol. The molecule has 0 aromatic carbocycles. The van der Waals surface area contributed by atoms with E-state index in [1.165, 1.54) is 103 Å². The van der Waals surface area contributed by atoms with Crippen molar-refractivity contribution in [1.29, 1.82) is 0 Å². The molecule has 1 amide bonds. The van der Waals surface area contributed by atoms with E-state index in [9.17, 15) is 14.4 Å². The van der Waals surface area contributed by atoms with Gasteiger partial charge in [-0.2, -0.15) is 0 Å². The Balaban J connectivity index is 3.71. The average Bonchev–Trinajstić information content (AvgIpc) is 3.05. The number of ether oxygens (including phenoxy) is 1. The highest BCUT2D eigenvalue weighted by atomic mass is 16.5. The fourth-order valence-electron chi connectivity index (χ4n) is 5.58. The van der Waals surface area contributed by atoms with Gasteiger partial charge in [0, 0.05) is 12.8 Å². The van der Waals surface area contributed by atoms with Crippen LogP contribution in [0.4, 0.5) is 0 Å². The first-order valence-corrected chi connectivity index (χ1v) is 19.6. The Morgan fingerprint density at radius 1 is 0.574 bits per heavy atom. The van der Waals surface area contributed by atoms with E-state index in [-0.39, 0.29) is 24.5 Å². The normalized spacial score (nSPS) is 12.4. The first kappa shape index (κ1) is 44.6. The van der Waals surface area contributed by atoms with Crippen LogP contribution in [0.3, 0.4) is 0 Å². The second kappa shape index (κ2) is 36.5. The van der Waals surface area contributed by atoms with Crippen molar-refractivity contribution < 1.29 is 24.2 Å². The number of hydrogen-bond acceptors (Lipinski definition) is 4. The monoisotopic (exact) mass is 660 g/mol. The predicted molar refractivity (Wildman–Crippen MR) is 199 cm³/mol. The Bertz CT molecular complexity index is 819. The number of hydrogen-bond donors (Lipinski definition) is 2. The van der Waals surface area contributed by atoms with Gasteiger partial charge in [0.2, 0.25) is 5.91 Å². The summed E-state index contributed by atoms with van der Waals surface area (Å²) in [5.41, 5.74) is 0. The molecule has 6 nitrogen and oxygen atoms in total. The summed E-state index contributed by atoms with van der Waals surface area (Å²) in [6.45, 7) is 4.08. The summed E-state index contributed by atoms with van der Waals surface area (Å²) in [6, 6.07) is 0. The van der Waals surface area contributed by atoms with Gasteiger partial charge in [0.1, 0.15) is 12.6 Å². The number of carboxylic acid groups (broad SMARTS) is 1. The molecular formula is C41H73NO5. The van der Waals surface area contributed by atoms with Crippen LogP contribution < -0.4 is 5.32 Å². The van der Waals surface area contributed by atoms with E-state index in [2.05, 4.69) is 49.5 Å². The quantitative estimate of drug-likeness (QED) is 0.0401. The summed E-state index contributed by atoms with van der Waals surface area (Å²) in [5.74, 6) is -1.34. The molecule has 0 aliphatic rings. The summed E-state index contributed by atoms with van der Waals surface area (Å²) in [7, 11) is 0. The molecule has 1 unspecified atom stereocenters. The molecule has 0 aromatic rings. The number of carboxylic acids is 1. The molecule has 1 atom stereocenters. The van der Waals surface area contributed by atoms with E-state index in [4.69, 9.17) is 9.84 Å². The standard InChI is InChI=1S/C41H73NO5/c1-3-5-7-8-9-10-11-12-13-14-15-16-17-18-19-20-21-22-23-24-25-26-32-36-41(46)47-38(33-29-6-4-2)34-30-27-28-31-35-39(43)42-37-40(44)45/h11-12,14-15,29,33,38H,3-10,13,16-28,30-32,34-37H2,1-2H3,(H,42,43)(H,44,45)/b12-11-,15-14-,33-29-. The van der Waals surface area contributed by atoms with Gasteiger partial charge in [-0.3, -0.25) is 14.4 Å². The third kappa shape index (κ3) is 36.3. The topological polar surface area (TPSA) is 92.7 Å². The van der Waals surface area contributed by atoms with E-state index >= 15 is 0 Å². The lowest BCUT2D eigenvalue weighted by Crippen LogP contribution is -2.28. The van der Waals surface area contributed by atoms with Gasteiger partial charge in [-0.15, -0.1) is 0 Å². The molecule has 0 rings (SSSR count). The molecule has 0 aromatic heterocycles. The Hall–Kier alpha value is -2.37. The van der Waals surface area contributed by atoms with Crippen LogP contribution in [0.2, 0.25) is 0 Å². The van der Waals surface area contributed by atoms with Crippen LogP contribution in [0.25, 0.3) is 0 Å². The van der Waals surface area contributed by atoms with Gasteiger partial charge >= 0.3 is 11.9 Å². The van der Waals surface area contributed by atoms with Gasteiger partial charge in [0.15, 0.2) is 0 Å². The van der Waals surface area contributed by atoms with Crippen LogP contribution in [-0.4, -0.2) is 35.6 Å². The van der Waals surface area contributed by atoms with Gasteiger partial charge < -0.3 is 15.2 Å². The maximum atomic E-state index is 12.5. The maximum absolute atomic E-state index is 12.5. The Morgan fingerprint density at radius 2 is 1.09 bits per heavy atom. The zero-order valence-corrected chi connectivity index (χ0v) is 30.6. The van der Waals surface area contributed by atoms with Crippen molar-refractivity contribution in [2.75, 3.05) is 6.54 Å². The maximum Gasteiger partial charge on any atom is 0.322 e. The van der Waals surface area contributed by atoms with E-state index < -0.39 is 5.97 Å². The fraction of sp³-hybridized carbons (Fsp3) is 0.780. The molecule has 0 heterocycles. The molecule has 0 spiro atoms. The molecular weight excluding hydrogens is 586 g/mol. The fourth-order valence-corrected chi connectivity index (χ4v) is 5.58. The molecule has 0 radical (unpaired) electrons. The van der Waals surface area contributed by atoms with Crippen LogP contribution in [-0.2, 0) is 19.1 Å². The van der Waals surface area contributed by atoms with Crippen LogP contribution in [0, 0.1) is 0 Å². The molecule has 0 aliphatic carbocycles. The minimum Gasteiger partial charge on any atom is -0.480 e. The number of carbonyl (C=O) groups is 3. The predicted octanol–water partition coefficient (Wildman–Crippen LogP) is 11.7. The molecule has 2 N–H and O–H groups in total. The smallest absolute Gasteiger partial charge is 0.322 e. The van der Waals surface area contributed by atoms with Crippen molar-refractivity contribution in [1.82, 2.24) is 5.32 Å². The van der Waals surface area contributed by atoms with Crippen molar-refractivity contribution in [3.8, 4) is 0 Å². The van der Waals surface area contributed by atoms with Crippen LogP contribution in [0.15, 0.2) is 36.5 Å². The van der Waals surface area contributed by atoms with E-state index in [1.54, 1.807) is 0 Å². The SMILES string of the molecule is CCC/C=C\C(CCCCCCC(=O)NCC(=O)O)OC(=O)CCCCCCCCCCCCC/C=C\C/C=C\CCCCCCC. The lowest BCUT2D eigenvalue weighted by atomic mass is 10.0. The third-order valence-electron chi connectivity index (χ3n) is 8.50. The van der Waals surface area contributed by atoms with Gasteiger partial charge in [-0.25, -0.2) is 0 Å². The van der Waals surface area contributed by atoms with Crippen molar-refractivity contribution in [2.45, 2.75) is 200 Å². The zero-order valence-electron chi connectivity index (χ0n) is 30.6. The van der Waals surface area contributed by atoms with Crippen LogP contribution in [0.5, 0.6) is 0 Å². The number of amides is 1. The summed E-state index contributed by atoms with van der Waals surface area (Å²) in [4.78, 5) is 34.6. The summed E-state index contributed by atoms with van der Waals surface area (Å²) in [6.07, 6.45) is 44.7. The molecule has 0 fully saturated rings. The number of esters is 1. The minimum absolute atomic E-state index is 0.0953. The second-order valence-corrected chi connectivity index (χ2v) is 13.2. The number of rotatable bonds is 35. The largest absolute Gasteiger partial charge is 0.480 e. The summed E-state index contributed by atoms with van der Waals surface area (Å²) in [5, 5.41) is 11.0. The minimum atomic E-state index is -1.03. The number of carbonyl (C=O) groups excluding carboxylic acids is 2. The highest BCUT2D eigenvalue weighted by Gasteiger charge is 2.12. The van der Waals surface area contributed by atoms with E-state index in [0.717, 1.165) is 64.2 Å². The van der Waals surface area contributed by atoms with Gasteiger partial charge in [-0.1, -0.05) is 147 Å². The number of aliphatic carboxylic acids is 1. The van der Waals surface area contributed by atoms with E-state index in [1.807, 2.05) is 6.08 Å². The Morgan fingerprint density at radius 3 is 1.64 bits per heavy atom. The molecule has 47 heavy (non-hydrogen) atoms. The van der Waals surface area contributed by atoms with Crippen LogP contribution >= 0.6 is 0 Å². The first-order valence-electron chi connectivity index (χ1n) is 19.6. The molecule has 0 saturated heterocycles. The number of nitrogens with one attached hydrogen (secondary N) is 1. The number of allylic oxidation sites excluding steroid dienone is 5. The second-order valence-electron chi connectivity index (χ2n) is 13.2. The summed E-state index contributed by atoms with van der Waals surface area (Å²) >= 11 is 0.